The van der Waals surface area contributed by atoms with Crippen LogP contribution in [-0.2, 0) is 0 Å². The molecule has 16 heavy (non-hydrogen) atoms. The molecule has 0 aromatic carbocycles. The number of rotatable bonds is 3. The van der Waals surface area contributed by atoms with Crippen LogP contribution in [0.4, 0.5) is 5.69 Å². The average molecular weight is 221 g/mol. The van der Waals surface area contributed by atoms with Crippen molar-refractivity contribution in [2.75, 3.05) is 12.3 Å². The lowest BCUT2D eigenvalue weighted by molar-refractivity contribution is 0.0420. The molecule has 1 aromatic heterocycles. The summed E-state index contributed by atoms with van der Waals surface area (Å²) >= 11 is 0. The van der Waals surface area contributed by atoms with Gasteiger partial charge in [0.1, 0.15) is 0 Å². The number of carbonyl (C=O) groups excluding carboxylic acids is 1. The third kappa shape index (κ3) is 2.30. The van der Waals surface area contributed by atoms with Crippen LogP contribution in [0, 0.1) is 5.92 Å². The summed E-state index contributed by atoms with van der Waals surface area (Å²) in [7, 11) is 0. The third-order valence-electron chi connectivity index (χ3n) is 2.82. The Morgan fingerprint density at radius 3 is 3.00 bits per heavy atom. The summed E-state index contributed by atoms with van der Waals surface area (Å²) < 4.78 is 0. The molecule has 1 aliphatic carbocycles. The Hall–Kier alpha value is -1.62. The summed E-state index contributed by atoms with van der Waals surface area (Å²) in [5.74, 6) is 0.128. The van der Waals surface area contributed by atoms with Crippen LogP contribution in [0.15, 0.2) is 18.3 Å². The fraction of sp³-hybridized carbons (Fsp3) is 0.455. The van der Waals surface area contributed by atoms with Crippen molar-refractivity contribution < 1.29 is 9.90 Å². The normalized spacial score (nSPS) is 23.6. The third-order valence-corrected chi connectivity index (χ3v) is 2.82. The molecule has 5 heteroatoms. The van der Waals surface area contributed by atoms with Crippen molar-refractivity contribution in [1.82, 2.24) is 10.3 Å². The fourth-order valence-electron chi connectivity index (χ4n) is 1.80. The molecule has 1 heterocycles. The van der Waals surface area contributed by atoms with E-state index in [1.165, 1.54) is 0 Å². The number of aliphatic hydroxyl groups is 1. The van der Waals surface area contributed by atoms with E-state index < -0.39 is 0 Å². The van der Waals surface area contributed by atoms with Crippen molar-refractivity contribution in [3.05, 3.63) is 24.0 Å². The predicted molar refractivity (Wildman–Crippen MR) is 59.7 cm³/mol. The number of carbonyl (C=O) groups is 1. The molecule has 1 amide bonds. The number of nitrogens with one attached hydrogen (secondary N) is 1. The first kappa shape index (κ1) is 10.9. The molecule has 4 N–H and O–H groups in total. The van der Waals surface area contributed by atoms with Gasteiger partial charge in [0.15, 0.2) is 5.69 Å². The molecule has 1 fully saturated rings. The Labute approximate surface area is 93.7 Å². The number of pyridine rings is 1. The van der Waals surface area contributed by atoms with E-state index >= 15 is 0 Å². The van der Waals surface area contributed by atoms with Crippen molar-refractivity contribution in [2.45, 2.75) is 18.9 Å². The molecule has 2 rings (SSSR count). The number of hydrogen-bond acceptors (Lipinski definition) is 4. The van der Waals surface area contributed by atoms with E-state index in [2.05, 4.69) is 10.3 Å². The van der Waals surface area contributed by atoms with Crippen LogP contribution in [0.1, 0.15) is 23.3 Å². The standard InChI is InChI=1S/C11H15N3O2/c12-9-2-1-3-13-10(9)11(16)14-6-7-4-8(15)5-7/h1-3,7-8,15H,4-6,12H2,(H,14,16). The Morgan fingerprint density at radius 1 is 1.62 bits per heavy atom. The largest absolute Gasteiger partial charge is 0.397 e. The first-order valence-electron chi connectivity index (χ1n) is 5.33. The molecular weight excluding hydrogens is 206 g/mol. The van der Waals surface area contributed by atoms with E-state index in [-0.39, 0.29) is 17.7 Å². The lowest BCUT2D eigenvalue weighted by atomic mass is 9.82. The van der Waals surface area contributed by atoms with Gasteiger partial charge in [0, 0.05) is 12.7 Å². The number of nitrogens with two attached hydrogens (primary N) is 1. The fourth-order valence-corrected chi connectivity index (χ4v) is 1.80. The van der Waals surface area contributed by atoms with Gasteiger partial charge in [0.25, 0.3) is 5.91 Å². The van der Waals surface area contributed by atoms with Crippen molar-refractivity contribution in [1.29, 1.82) is 0 Å². The van der Waals surface area contributed by atoms with Crippen LogP contribution in [0.2, 0.25) is 0 Å². The summed E-state index contributed by atoms with van der Waals surface area (Å²) in [6, 6.07) is 3.34. The first-order chi connectivity index (χ1) is 7.66. The van der Waals surface area contributed by atoms with Crippen molar-refractivity contribution in [3.63, 3.8) is 0 Å². The molecule has 1 aliphatic rings. The zero-order valence-electron chi connectivity index (χ0n) is 8.89. The second-order valence-electron chi connectivity index (χ2n) is 4.14. The van der Waals surface area contributed by atoms with Gasteiger partial charge >= 0.3 is 0 Å². The average Bonchev–Trinajstić information content (AvgIpc) is 2.23. The predicted octanol–water partition coefficient (Wildman–Crippen LogP) is 0.164. The van der Waals surface area contributed by atoms with E-state index in [0.29, 0.717) is 18.2 Å². The highest BCUT2D eigenvalue weighted by molar-refractivity contribution is 5.96. The summed E-state index contributed by atoms with van der Waals surface area (Å²) in [6.07, 6.45) is 2.87. The molecule has 0 aliphatic heterocycles. The van der Waals surface area contributed by atoms with Gasteiger partial charge in [-0.2, -0.15) is 0 Å². The molecule has 0 bridgehead atoms. The molecule has 5 nitrogen and oxygen atoms in total. The number of nitrogen functional groups attached to an aromatic ring is 1. The lowest BCUT2D eigenvalue weighted by Crippen LogP contribution is -2.38. The maximum absolute atomic E-state index is 11.7. The van der Waals surface area contributed by atoms with Crippen LogP contribution in [-0.4, -0.2) is 28.6 Å². The van der Waals surface area contributed by atoms with Gasteiger partial charge in [-0.25, -0.2) is 4.98 Å². The summed E-state index contributed by atoms with van der Waals surface area (Å²) in [6.45, 7) is 0.575. The number of aromatic nitrogens is 1. The smallest absolute Gasteiger partial charge is 0.272 e. The summed E-state index contributed by atoms with van der Waals surface area (Å²) in [5, 5.41) is 11.9. The number of nitrogens with zero attached hydrogens (tertiary/aromatic N) is 1. The van der Waals surface area contributed by atoms with Crippen molar-refractivity contribution >= 4 is 11.6 Å². The zero-order chi connectivity index (χ0) is 11.5. The minimum absolute atomic E-state index is 0.193. The highest BCUT2D eigenvalue weighted by atomic mass is 16.3. The molecule has 0 unspecified atom stereocenters. The van der Waals surface area contributed by atoms with E-state index in [0.717, 1.165) is 12.8 Å². The topological polar surface area (TPSA) is 88.2 Å². The number of hydrogen-bond donors (Lipinski definition) is 3. The quantitative estimate of drug-likeness (QED) is 0.678. The van der Waals surface area contributed by atoms with Crippen LogP contribution < -0.4 is 11.1 Å². The Bertz CT molecular complexity index is 389. The van der Waals surface area contributed by atoms with E-state index in [9.17, 15) is 4.79 Å². The van der Waals surface area contributed by atoms with Gasteiger partial charge in [0.05, 0.1) is 11.8 Å². The molecule has 1 aromatic rings. The van der Waals surface area contributed by atoms with E-state index in [4.69, 9.17) is 10.8 Å². The molecule has 86 valence electrons. The van der Waals surface area contributed by atoms with Gasteiger partial charge in [-0.1, -0.05) is 0 Å². The SMILES string of the molecule is Nc1cccnc1C(=O)NCC1CC(O)C1. The highest BCUT2D eigenvalue weighted by Crippen LogP contribution is 2.26. The van der Waals surface area contributed by atoms with Gasteiger partial charge in [-0.15, -0.1) is 0 Å². The Morgan fingerprint density at radius 2 is 2.38 bits per heavy atom. The minimum Gasteiger partial charge on any atom is -0.397 e. The van der Waals surface area contributed by atoms with Crippen LogP contribution in [0.3, 0.4) is 0 Å². The second kappa shape index (κ2) is 4.49. The Kier molecular flexibility index (Phi) is 3.05. The zero-order valence-corrected chi connectivity index (χ0v) is 8.89. The highest BCUT2D eigenvalue weighted by Gasteiger charge is 2.27. The number of anilines is 1. The van der Waals surface area contributed by atoms with Gasteiger partial charge in [0.2, 0.25) is 0 Å². The molecule has 0 radical (unpaired) electrons. The van der Waals surface area contributed by atoms with Gasteiger partial charge in [-0.05, 0) is 30.9 Å². The molecular formula is C11H15N3O2. The van der Waals surface area contributed by atoms with Crippen LogP contribution in [0.5, 0.6) is 0 Å². The monoisotopic (exact) mass is 221 g/mol. The van der Waals surface area contributed by atoms with E-state index in [1.54, 1.807) is 18.3 Å². The first-order valence-corrected chi connectivity index (χ1v) is 5.33. The number of amides is 1. The van der Waals surface area contributed by atoms with Crippen molar-refractivity contribution in [2.24, 2.45) is 5.92 Å². The maximum atomic E-state index is 11.7. The van der Waals surface area contributed by atoms with E-state index in [1.807, 2.05) is 0 Å². The number of aliphatic hydroxyl groups excluding tert-OH is 1. The molecule has 0 spiro atoms. The second-order valence-corrected chi connectivity index (χ2v) is 4.14. The molecule has 0 saturated heterocycles. The summed E-state index contributed by atoms with van der Waals surface area (Å²) in [5.41, 5.74) is 6.28. The van der Waals surface area contributed by atoms with Gasteiger partial charge in [-0.3, -0.25) is 4.79 Å². The Balaban J connectivity index is 1.86. The van der Waals surface area contributed by atoms with Crippen LogP contribution >= 0.6 is 0 Å². The summed E-state index contributed by atoms with van der Waals surface area (Å²) in [4.78, 5) is 15.6. The molecule has 0 atom stereocenters. The molecule has 1 saturated carbocycles. The maximum Gasteiger partial charge on any atom is 0.272 e. The van der Waals surface area contributed by atoms with Gasteiger partial charge < -0.3 is 16.2 Å². The van der Waals surface area contributed by atoms with Crippen molar-refractivity contribution in [3.8, 4) is 0 Å². The lowest BCUT2D eigenvalue weighted by Gasteiger charge is -2.31. The van der Waals surface area contributed by atoms with Crippen LogP contribution in [0.25, 0.3) is 0 Å². The minimum atomic E-state index is -0.250.